The van der Waals surface area contributed by atoms with Crippen LogP contribution in [-0.2, 0) is 16.0 Å². The number of carbonyl (C=O) groups is 3. The maximum Gasteiger partial charge on any atom is 0.322 e. The van der Waals surface area contributed by atoms with Crippen molar-refractivity contribution in [3.63, 3.8) is 0 Å². The van der Waals surface area contributed by atoms with Gasteiger partial charge in [0.2, 0.25) is 5.91 Å². The second-order valence-electron chi connectivity index (χ2n) is 6.84. The molecule has 2 aliphatic rings. The molecule has 2 atom stereocenters. The number of imide groups is 1. The Morgan fingerprint density at radius 3 is 2.80 bits per heavy atom. The molecule has 1 aromatic rings. The number of amides is 4. The number of fused-ring (bicyclic) bond motifs is 1. The van der Waals surface area contributed by atoms with Crippen LogP contribution >= 0.6 is 11.6 Å². The standard InChI is InChI=1S/C18H22ClN3O3/c1-10-7-13-11(2)9-22(6-5-12(13)8-14(10)19)16(23)4-3-15-17(24)21-18(25)20-15/h7-8,11,15H,3-6,9H2,1-2H3,(H2,20,21,24,25). The summed E-state index contributed by atoms with van der Waals surface area (Å²) in [6.45, 7) is 5.39. The third-order valence-corrected chi connectivity index (χ3v) is 5.36. The Balaban J connectivity index is 1.63. The molecule has 1 saturated heterocycles. The van der Waals surface area contributed by atoms with Crippen molar-refractivity contribution in [3.8, 4) is 0 Å². The van der Waals surface area contributed by atoms with Gasteiger partial charge in [-0.15, -0.1) is 0 Å². The zero-order chi connectivity index (χ0) is 18.1. The number of halogens is 1. The highest BCUT2D eigenvalue weighted by Gasteiger charge is 2.31. The number of rotatable bonds is 3. The Labute approximate surface area is 151 Å². The van der Waals surface area contributed by atoms with Crippen LogP contribution in [0.2, 0.25) is 5.02 Å². The molecule has 0 radical (unpaired) electrons. The van der Waals surface area contributed by atoms with Crippen LogP contribution < -0.4 is 10.6 Å². The molecule has 2 unspecified atom stereocenters. The first-order valence-corrected chi connectivity index (χ1v) is 8.91. The van der Waals surface area contributed by atoms with Gasteiger partial charge < -0.3 is 10.2 Å². The minimum Gasteiger partial charge on any atom is -0.342 e. The smallest absolute Gasteiger partial charge is 0.322 e. The third kappa shape index (κ3) is 3.79. The van der Waals surface area contributed by atoms with E-state index in [1.807, 2.05) is 17.9 Å². The quantitative estimate of drug-likeness (QED) is 0.807. The molecule has 0 bridgehead atoms. The second kappa shape index (κ2) is 7.04. The molecular formula is C18H22ClN3O3. The van der Waals surface area contributed by atoms with E-state index in [2.05, 4.69) is 23.6 Å². The fourth-order valence-corrected chi connectivity index (χ4v) is 3.70. The lowest BCUT2D eigenvalue weighted by Gasteiger charge is -2.23. The minimum absolute atomic E-state index is 0.0106. The first kappa shape index (κ1) is 17.7. The highest BCUT2D eigenvalue weighted by molar-refractivity contribution is 6.31. The van der Waals surface area contributed by atoms with Gasteiger partial charge in [-0.2, -0.15) is 0 Å². The molecule has 2 N–H and O–H groups in total. The molecular weight excluding hydrogens is 342 g/mol. The van der Waals surface area contributed by atoms with Gasteiger partial charge in [0, 0.05) is 24.5 Å². The van der Waals surface area contributed by atoms with Crippen molar-refractivity contribution in [3.05, 3.63) is 33.8 Å². The molecule has 1 aromatic carbocycles. The SMILES string of the molecule is Cc1cc2c(cc1Cl)CCN(C(=O)CCC1NC(=O)NC1=O)CC2C. The Bertz CT molecular complexity index is 735. The van der Waals surface area contributed by atoms with Crippen LogP contribution in [0.25, 0.3) is 0 Å². The van der Waals surface area contributed by atoms with Crippen molar-refractivity contribution < 1.29 is 14.4 Å². The summed E-state index contributed by atoms with van der Waals surface area (Å²) in [6, 6.07) is 3.03. The fourth-order valence-electron chi connectivity index (χ4n) is 3.51. The first-order chi connectivity index (χ1) is 11.8. The number of carbonyl (C=O) groups excluding carboxylic acids is 3. The van der Waals surface area contributed by atoms with E-state index in [0.29, 0.717) is 19.5 Å². The monoisotopic (exact) mass is 363 g/mol. The second-order valence-corrected chi connectivity index (χ2v) is 7.25. The maximum absolute atomic E-state index is 12.6. The maximum atomic E-state index is 12.6. The molecule has 4 amide bonds. The van der Waals surface area contributed by atoms with Gasteiger partial charge in [-0.05, 0) is 48.4 Å². The van der Waals surface area contributed by atoms with Crippen LogP contribution in [0.1, 0.15) is 42.4 Å². The highest BCUT2D eigenvalue weighted by Crippen LogP contribution is 2.30. The lowest BCUT2D eigenvalue weighted by Crippen LogP contribution is -2.36. The number of benzene rings is 1. The van der Waals surface area contributed by atoms with E-state index in [0.717, 1.165) is 17.0 Å². The Kier molecular flexibility index (Phi) is 4.99. The summed E-state index contributed by atoms with van der Waals surface area (Å²) in [7, 11) is 0. The molecule has 0 spiro atoms. The van der Waals surface area contributed by atoms with E-state index in [-0.39, 0.29) is 24.2 Å². The first-order valence-electron chi connectivity index (χ1n) is 8.53. The van der Waals surface area contributed by atoms with Gasteiger partial charge in [-0.25, -0.2) is 4.79 Å². The molecule has 6 nitrogen and oxygen atoms in total. The number of nitrogens with one attached hydrogen (secondary N) is 2. The van der Waals surface area contributed by atoms with Gasteiger partial charge in [0.15, 0.2) is 0 Å². The number of hydrogen-bond donors (Lipinski definition) is 2. The fraction of sp³-hybridized carbons (Fsp3) is 0.500. The van der Waals surface area contributed by atoms with Crippen LogP contribution in [-0.4, -0.2) is 41.9 Å². The summed E-state index contributed by atoms with van der Waals surface area (Å²) in [4.78, 5) is 37.1. The summed E-state index contributed by atoms with van der Waals surface area (Å²) in [5.41, 5.74) is 3.50. The van der Waals surface area contributed by atoms with Gasteiger partial charge in [0.05, 0.1) is 0 Å². The molecule has 25 heavy (non-hydrogen) atoms. The summed E-state index contributed by atoms with van der Waals surface area (Å²) in [6.07, 6.45) is 1.33. The lowest BCUT2D eigenvalue weighted by atomic mass is 9.93. The van der Waals surface area contributed by atoms with E-state index >= 15 is 0 Å². The van der Waals surface area contributed by atoms with Gasteiger partial charge >= 0.3 is 6.03 Å². The Hall–Kier alpha value is -2.08. The van der Waals surface area contributed by atoms with Crippen LogP contribution in [0.4, 0.5) is 4.79 Å². The predicted molar refractivity (Wildman–Crippen MR) is 94.6 cm³/mol. The molecule has 0 saturated carbocycles. The number of hydrogen-bond acceptors (Lipinski definition) is 3. The van der Waals surface area contributed by atoms with E-state index < -0.39 is 12.1 Å². The summed E-state index contributed by atoms with van der Waals surface area (Å²) >= 11 is 6.24. The molecule has 7 heteroatoms. The molecule has 3 rings (SSSR count). The zero-order valence-electron chi connectivity index (χ0n) is 14.4. The van der Waals surface area contributed by atoms with Crippen molar-refractivity contribution in [1.82, 2.24) is 15.5 Å². The van der Waals surface area contributed by atoms with Crippen LogP contribution in [0, 0.1) is 6.92 Å². The molecule has 0 aromatic heterocycles. The highest BCUT2D eigenvalue weighted by atomic mass is 35.5. The molecule has 2 heterocycles. The molecule has 134 valence electrons. The third-order valence-electron chi connectivity index (χ3n) is 4.95. The van der Waals surface area contributed by atoms with Crippen LogP contribution in [0.5, 0.6) is 0 Å². The molecule has 2 aliphatic heterocycles. The van der Waals surface area contributed by atoms with Gasteiger partial charge in [-0.1, -0.05) is 24.6 Å². The van der Waals surface area contributed by atoms with Gasteiger partial charge in [0.1, 0.15) is 6.04 Å². The average Bonchev–Trinajstić information content (AvgIpc) is 2.79. The van der Waals surface area contributed by atoms with E-state index in [1.165, 1.54) is 11.1 Å². The van der Waals surface area contributed by atoms with E-state index in [1.54, 1.807) is 0 Å². The lowest BCUT2D eigenvalue weighted by molar-refractivity contribution is -0.131. The molecule has 0 aliphatic carbocycles. The van der Waals surface area contributed by atoms with Gasteiger partial charge in [0.25, 0.3) is 5.91 Å². The number of urea groups is 1. The number of aryl methyl sites for hydroxylation is 1. The number of nitrogens with zero attached hydrogens (tertiary/aromatic N) is 1. The van der Waals surface area contributed by atoms with Crippen LogP contribution in [0.15, 0.2) is 12.1 Å². The van der Waals surface area contributed by atoms with E-state index in [9.17, 15) is 14.4 Å². The van der Waals surface area contributed by atoms with Crippen LogP contribution in [0.3, 0.4) is 0 Å². The normalized spacial score (nSPS) is 22.9. The van der Waals surface area contributed by atoms with Crippen molar-refractivity contribution in [2.45, 2.75) is 45.1 Å². The van der Waals surface area contributed by atoms with E-state index in [4.69, 9.17) is 11.6 Å². The van der Waals surface area contributed by atoms with Crippen molar-refractivity contribution in [2.75, 3.05) is 13.1 Å². The molecule has 1 fully saturated rings. The largest absolute Gasteiger partial charge is 0.342 e. The van der Waals surface area contributed by atoms with Gasteiger partial charge in [-0.3, -0.25) is 14.9 Å². The average molecular weight is 364 g/mol. The Morgan fingerprint density at radius 1 is 1.36 bits per heavy atom. The summed E-state index contributed by atoms with van der Waals surface area (Å²) < 4.78 is 0. The zero-order valence-corrected chi connectivity index (χ0v) is 15.2. The van der Waals surface area contributed by atoms with Crippen molar-refractivity contribution in [2.24, 2.45) is 0 Å². The van der Waals surface area contributed by atoms with Crippen molar-refractivity contribution in [1.29, 1.82) is 0 Å². The Morgan fingerprint density at radius 2 is 2.12 bits per heavy atom. The summed E-state index contributed by atoms with van der Waals surface area (Å²) in [5.74, 6) is -0.122. The topological polar surface area (TPSA) is 78.5 Å². The van der Waals surface area contributed by atoms with Crippen molar-refractivity contribution >= 4 is 29.4 Å². The predicted octanol–water partition coefficient (Wildman–Crippen LogP) is 2.12. The minimum atomic E-state index is -0.612. The summed E-state index contributed by atoms with van der Waals surface area (Å²) in [5, 5.41) is 5.47.